The number of amides is 1. The second-order valence-corrected chi connectivity index (χ2v) is 6.11. The fourth-order valence-corrected chi connectivity index (χ4v) is 2.81. The number of aromatic nitrogens is 1. The van der Waals surface area contributed by atoms with E-state index in [4.69, 9.17) is 0 Å². The fraction of sp³-hybridized carbons (Fsp3) is 0.286. The molecule has 0 atom stereocenters. The molecule has 0 aliphatic carbocycles. The van der Waals surface area contributed by atoms with Crippen LogP contribution in [0.15, 0.2) is 34.2 Å². The number of thiophene rings is 1. The summed E-state index contributed by atoms with van der Waals surface area (Å²) in [7, 11) is 0. The zero-order chi connectivity index (χ0) is 14.4. The zero-order valence-corrected chi connectivity index (χ0v) is 13.6. The first-order chi connectivity index (χ1) is 9.70. The Morgan fingerprint density at radius 2 is 2.35 bits per heavy atom. The van der Waals surface area contributed by atoms with Crippen LogP contribution in [-0.2, 0) is 6.42 Å². The number of carbonyl (C=O) groups excluding carboxylic acids is 1. The number of carbonyl (C=O) groups is 1. The summed E-state index contributed by atoms with van der Waals surface area (Å²) in [5.41, 5.74) is 0.562. The molecule has 0 radical (unpaired) electrons. The summed E-state index contributed by atoms with van der Waals surface area (Å²) in [5.74, 6) is 0.510. The molecule has 2 N–H and O–H groups in total. The van der Waals surface area contributed by atoms with Crippen molar-refractivity contribution in [1.82, 2.24) is 10.3 Å². The van der Waals surface area contributed by atoms with Crippen LogP contribution in [-0.4, -0.2) is 24.0 Å². The predicted octanol–water partition coefficient (Wildman–Crippen LogP) is 3.31. The highest BCUT2D eigenvalue weighted by molar-refractivity contribution is 9.10. The highest BCUT2D eigenvalue weighted by Gasteiger charge is 2.12. The molecular formula is C14H16BrN3OS. The van der Waals surface area contributed by atoms with Gasteiger partial charge in [0.2, 0.25) is 0 Å². The quantitative estimate of drug-likeness (QED) is 0.837. The summed E-state index contributed by atoms with van der Waals surface area (Å²) in [6, 6.07) is 5.87. The molecule has 2 aromatic rings. The van der Waals surface area contributed by atoms with Gasteiger partial charge in [-0.05, 0) is 46.8 Å². The Morgan fingerprint density at radius 3 is 3.05 bits per heavy atom. The second-order valence-electron chi connectivity index (χ2n) is 4.17. The molecule has 4 nitrogen and oxygen atoms in total. The highest BCUT2D eigenvalue weighted by Crippen LogP contribution is 2.18. The van der Waals surface area contributed by atoms with Gasteiger partial charge in [0.05, 0.1) is 5.56 Å². The minimum absolute atomic E-state index is 0.105. The number of hydrogen-bond donors (Lipinski definition) is 2. The Kier molecular flexibility index (Phi) is 5.55. The van der Waals surface area contributed by atoms with Crippen molar-refractivity contribution in [3.8, 4) is 0 Å². The average molecular weight is 354 g/mol. The summed E-state index contributed by atoms with van der Waals surface area (Å²) >= 11 is 5.05. The van der Waals surface area contributed by atoms with E-state index in [0.717, 1.165) is 17.4 Å². The molecule has 2 heterocycles. The lowest BCUT2D eigenvalue weighted by molar-refractivity contribution is 0.0954. The van der Waals surface area contributed by atoms with Crippen LogP contribution in [0, 0.1) is 0 Å². The van der Waals surface area contributed by atoms with Crippen LogP contribution in [0.25, 0.3) is 0 Å². The topological polar surface area (TPSA) is 54.0 Å². The van der Waals surface area contributed by atoms with E-state index in [1.807, 2.05) is 18.4 Å². The van der Waals surface area contributed by atoms with E-state index in [9.17, 15) is 4.79 Å². The maximum atomic E-state index is 12.2. The largest absolute Gasteiger partial charge is 0.370 e. The number of nitrogens with one attached hydrogen (secondary N) is 2. The van der Waals surface area contributed by atoms with Gasteiger partial charge in [-0.3, -0.25) is 4.79 Å². The Hall–Kier alpha value is -1.40. The van der Waals surface area contributed by atoms with Crippen LogP contribution in [0.3, 0.4) is 0 Å². The van der Waals surface area contributed by atoms with Gasteiger partial charge in [0, 0.05) is 28.6 Å². The molecule has 0 spiro atoms. The van der Waals surface area contributed by atoms with Gasteiger partial charge in [0.1, 0.15) is 5.82 Å². The lowest BCUT2D eigenvalue weighted by Crippen LogP contribution is -2.26. The summed E-state index contributed by atoms with van der Waals surface area (Å²) in [5, 5.41) is 8.07. The highest BCUT2D eigenvalue weighted by atomic mass is 79.9. The number of anilines is 1. The van der Waals surface area contributed by atoms with Gasteiger partial charge in [-0.1, -0.05) is 6.07 Å². The molecule has 20 heavy (non-hydrogen) atoms. The second kappa shape index (κ2) is 7.40. The van der Waals surface area contributed by atoms with E-state index in [0.29, 0.717) is 17.9 Å². The van der Waals surface area contributed by atoms with Gasteiger partial charge in [-0.25, -0.2) is 4.98 Å². The van der Waals surface area contributed by atoms with Crippen LogP contribution in [0.2, 0.25) is 0 Å². The SMILES string of the molecule is CCNc1ncc(Br)cc1C(=O)NCCc1cccs1. The van der Waals surface area contributed by atoms with Crippen molar-refractivity contribution in [3.63, 3.8) is 0 Å². The number of rotatable bonds is 6. The van der Waals surface area contributed by atoms with Crippen molar-refractivity contribution in [1.29, 1.82) is 0 Å². The molecular weight excluding hydrogens is 338 g/mol. The molecule has 0 aromatic carbocycles. The molecule has 106 valence electrons. The van der Waals surface area contributed by atoms with Crippen LogP contribution < -0.4 is 10.6 Å². The van der Waals surface area contributed by atoms with E-state index >= 15 is 0 Å². The Labute approximate surface area is 130 Å². The number of halogens is 1. The number of hydrogen-bond acceptors (Lipinski definition) is 4. The number of nitrogens with zero attached hydrogens (tertiary/aromatic N) is 1. The van der Waals surface area contributed by atoms with Gasteiger partial charge in [0.25, 0.3) is 5.91 Å². The zero-order valence-electron chi connectivity index (χ0n) is 11.1. The van der Waals surface area contributed by atoms with Crippen LogP contribution >= 0.6 is 27.3 Å². The summed E-state index contributed by atoms with van der Waals surface area (Å²) < 4.78 is 0.794. The summed E-state index contributed by atoms with van der Waals surface area (Å²) in [6.07, 6.45) is 2.53. The van der Waals surface area contributed by atoms with E-state index in [-0.39, 0.29) is 5.91 Å². The van der Waals surface area contributed by atoms with Crippen molar-refractivity contribution in [3.05, 3.63) is 44.7 Å². The molecule has 0 aliphatic rings. The van der Waals surface area contributed by atoms with Crippen molar-refractivity contribution < 1.29 is 4.79 Å². The Morgan fingerprint density at radius 1 is 1.50 bits per heavy atom. The maximum absolute atomic E-state index is 12.2. The summed E-state index contributed by atoms with van der Waals surface area (Å²) in [6.45, 7) is 3.32. The number of pyridine rings is 1. The lowest BCUT2D eigenvalue weighted by atomic mass is 10.2. The maximum Gasteiger partial charge on any atom is 0.255 e. The molecule has 0 fully saturated rings. The first-order valence-electron chi connectivity index (χ1n) is 6.40. The fourth-order valence-electron chi connectivity index (χ4n) is 1.77. The van der Waals surface area contributed by atoms with Crippen molar-refractivity contribution in [2.75, 3.05) is 18.4 Å². The van der Waals surface area contributed by atoms with Gasteiger partial charge in [0.15, 0.2) is 0 Å². The van der Waals surface area contributed by atoms with Crippen LogP contribution in [0.4, 0.5) is 5.82 Å². The molecule has 0 aliphatic heterocycles. The van der Waals surface area contributed by atoms with Gasteiger partial charge in [-0.2, -0.15) is 0 Å². The first kappa shape index (κ1) is 15.0. The van der Waals surface area contributed by atoms with Crippen LogP contribution in [0.1, 0.15) is 22.2 Å². The standard InChI is InChI=1S/C14H16BrN3OS/c1-2-16-13-12(8-10(15)9-18-13)14(19)17-6-5-11-4-3-7-20-11/h3-4,7-9H,2,5-6H2,1H3,(H,16,18)(H,17,19). The minimum atomic E-state index is -0.105. The van der Waals surface area contributed by atoms with Crippen molar-refractivity contribution in [2.24, 2.45) is 0 Å². The third kappa shape index (κ3) is 4.05. The van der Waals surface area contributed by atoms with Crippen molar-refractivity contribution in [2.45, 2.75) is 13.3 Å². The third-order valence-corrected chi connectivity index (χ3v) is 4.05. The Balaban J connectivity index is 1.99. The first-order valence-corrected chi connectivity index (χ1v) is 8.08. The molecule has 0 saturated carbocycles. The van der Waals surface area contributed by atoms with E-state index in [2.05, 4.69) is 37.6 Å². The Bertz CT molecular complexity index is 572. The third-order valence-electron chi connectivity index (χ3n) is 2.68. The lowest BCUT2D eigenvalue weighted by Gasteiger charge is -2.10. The van der Waals surface area contributed by atoms with Gasteiger partial charge < -0.3 is 10.6 Å². The van der Waals surface area contributed by atoms with Gasteiger partial charge in [-0.15, -0.1) is 11.3 Å². The molecule has 2 rings (SSSR count). The monoisotopic (exact) mass is 353 g/mol. The van der Waals surface area contributed by atoms with Crippen LogP contribution in [0.5, 0.6) is 0 Å². The normalized spacial score (nSPS) is 10.3. The average Bonchev–Trinajstić information content (AvgIpc) is 2.94. The van der Waals surface area contributed by atoms with Crippen molar-refractivity contribution >= 4 is 39.0 Å². The molecule has 0 unspecified atom stereocenters. The minimum Gasteiger partial charge on any atom is -0.370 e. The van der Waals surface area contributed by atoms with E-state index < -0.39 is 0 Å². The molecule has 0 saturated heterocycles. The predicted molar refractivity (Wildman–Crippen MR) is 86.5 cm³/mol. The molecule has 6 heteroatoms. The molecule has 1 amide bonds. The summed E-state index contributed by atoms with van der Waals surface area (Å²) in [4.78, 5) is 17.7. The van der Waals surface area contributed by atoms with E-state index in [1.54, 1.807) is 23.6 Å². The van der Waals surface area contributed by atoms with E-state index in [1.165, 1.54) is 4.88 Å². The van der Waals surface area contributed by atoms with Gasteiger partial charge >= 0.3 is 0 Å². The smallest absolute Gasteiger partial charge is 0.255 e. The molecule has 0 bridgehead atoms. The molecule has 2 aromatic heterocycles.